The second-order valence-corrected chi connectivity index (χ2v) is 11.0. The number of nitrogens with one attached hydrogen (secondary N) is 3. The molecular formula is C27H36Cl2N6O2. The molecule has 8 nitrogen and oxygen atoms in total. The molecule has 0 radical (unpaired) electrons. The van der Waals surface area contributed by atoms with Crippen molar-refractivity contribution < 1.29 is 9.47 Å². The van der Waals surface area contributed by atoms with Gasteiger partial charge in [-0.15, -0.1) is 0 Å². The molecule has 3 heterocycles. The molecule has 1 saturated heterocycles. The second-order valence-electron chi connectivity index (χ2n) is 10.2. The van der Waals surface area contributed by atoms with Crippen LogP contribution in [0.4, 0.5) is 11.5 Å². The van der Waals surface area contributed by atoms with Crippen LogP contribution in [0.25, 0.3) is 11.1 Å². The van der Waals surface area contributed by atoms with Crippen molar-refractivity contribution in [3.8, 4) is 17.2 Å². The zero-order valence-corrected chi connectivity index (χ0v) is 23.0. The highest BCUT2D eigenvalue weighted by Crippen LogP contribution is 2.35. The van der Waals surface area contributed by atoms with Crippen LogP contribution >= 0.6 is 23.2 Å². The first-order chi connectivity index (χ1) is 17.9. The van der Waals surface area contributed by atoms with Crippen LogP contribution in [-0.2, 0) is 9.47 Å². The van der Waals surface area contributed by atoms with Crippen LogP contribution < -0.4 is 16.0 Å². The molecular weight excluding hydrogens is 511 g/mol. The SMILES string of the molecule is COC[C@H](C)NC1CCC(Nc2cc(-c3cnc(Cl)c(NCC4(C#N)CCOCC4)c3)c(Cl)cn2)CC1. The van der Waals surface area contributed by atoms with Gasteiger partial charge in [-0.25, -0.2) is 9.97 Å². The summed E-state index contributed by atoms with van der Waals surface area (Å²) >= 11 is 13.0. The summed E-state index contributed by atoms with van der Waals surface area (Å²) in [7, 11) is 1.74. The topological polar surface area (TPSA) is 104 Å². The molecule has 2 aliphatic rings. The lowest BCUT2D eigenvalue weighted by Gasteiger charge is -2.32. The lowest BCUT2D eigenvalue weighted by molar-refractivity contribution is 0.0456. The van der Waals surface area contributed by atoms with Gasteiger partial charge in [0.15, 0.2) is 5.15 Å². The molecule has 4 rings (SSSR count). The Morgan fingerprint density at radius 3 is 2.57 bits per heavy atom. The van der Waals surface area contributed by atoms with Crippen LogP contribution in [0.1, 0.15) is 45.4 Å². The second kappa shape index (κ2) is 13.1. The third kappa shape index (κ3) is 7.46. The molecule has 2 aromatic rings. The summed E-state index contributed by atoms with van der Waals surface area (Å²) in [5.41, 5.74) is 1.87. The molecule has 2 aromatic heterocycles. The van der Waals surface area contributed by atoms with Crippen molar-refractivity contribution in [1.29, 1.82) is 5.26 Å². The number of hydrogen-bond donors (Lipinski definition) is 3. The highest BCUT2D eigenvalue weighted by atomic mass is 35.5. The van der Waals surface area contributed by atoms with E-state index in [1.165, 1.54) is 0 Å². The fourth-order valence-corrected chi connectivity index (χ4v) is 5.51. The van der Waals surface area contributed by atoms with Crippen molar-refractivity contribution in [3.05, 3.63) is 34.7 Å². The van der Waals surface area contributed by atoms with Gasteiger partial charge in [0.25, 0.3) is 0 Å². The summed E-state index contributed by atoms with van der Waals surface area (Å²) in [5.74, 6) is 0.790. The van der Waals surface area contributed by atoms with Crippen LogP contribution in [0.3, 0.4) is 0 Å². The normalized spacial score (nSPS) is 22.1. The van der Waals surface area contributed by atoms with Crippen molar-refractivity contribution >= 4 is 34.7 Å². The molecule has 0 spiro atoms. The Labute approximate surface area is 229 Å². The number of pyridine rings is 2. The number of hydrogen-bond acceptors (Lipinski definition) is 8. The zero-order valence-electron chi connectivity index (χ0n) is 21.5. The van der Waals surface area contributed by atoms with Crippen LogP contribution in [0.15, 0.2) is 24.5 Å². The molecule has 1 aliphatic heterocycles. The summed E-state index contributed by atoms with van der Waals surface area (Å²) in [4.78, 5) is 8.90. The Morgan fingerprint density at radius 1 is 1.14 bits per heavy atom. The average Bonchev–Trinajstić information content (AvgIpc) is 2.91. The Balaban J connectivity index is 1.41. The van der Waals surface area contributed by atoms with E-state index in [4.69, 9.17) is 32.7 Å². The van der Waals surface area contributed by atoms with E-state index in [0.717, 1.165) is 49.2 Å². The first-order valence-corrected chi connectivity index (χ1v) is 13.7. The van der Waals surface area contributed by atoms with E-state index in [0.29, 0.717) is 66.6 Å². The number of halogens is 2. The molecule has 3 N–H and O–H groups in total. The number of aromatic nitrogens is 2. The molecule has 37 heavy (non-hydrogen) atoms. The van der Waals surface area contributed by atoms with Gasteiger partial charge >= 0.3 is 0 Å². The number of methoxy groups -OCH3 is 1. The monoisotopic (exact) mass is 546 g/mol. The van der Waals surface area contributed by atoms with Gasteiger partial charge in [-0.1, -0.05) is 23.2 Å². The summed E-state index contributed by atoms with van der Waals surface area (Å²) in [6, 6.07) is 7.61. The number of nitrogens with zero attached hydrogens (tertiary/aromatic N) is 3. The van der Waals surface area contributed by atoms with Gasteiger partial charge in [0.05, 0.1) is 28.8 Å². The van der Waals surface area contributed by atoms with Gasteiger partial charge in [0.2, 0.25) is 0 Å². The molecule has 1 atom stereocenters. The molecule has 0 amide bonds. The number of anilines is 2. The quantitative estimate of drug-likeness (QED) is 0.334. The van der Waals surface area contributed by atoms with E-state index in [-0.39, 0.29) is 0 Å². The lowest BCUT2D eigenvalue weighted by atomic mass is 9.81. The zero-order chi connectivity index (χ0) is 26.3. The summed E-state index contributed by atoms with van der Waals surface area (Å²) in [5, 5.41) is 21.3. The third-order valence-electron chi connectivity index (χ3n) is 7.33. The molecule has 1 aliphatic carbocycles. The summed E-state index contributed by atoms with van der Waals surface area (Å²) in [6.45, 7) is 4.55. The first kappa shape index (κ1) is 27.9. The highest BCUT2D eigenvalue weighted by Gasteiger charge is 2.32. The van der Waals surface area contributed by atoms with Crippen molar-refractivity contribution in [3.63, 3.8) is 0 Å². The predicted molar refractivity (Wildman–Crippen MR) is 148 cm³/mol. The maximum atomic E-state index is 9.76. The largest absolute Gasteiger partial charge is 0.383 e. The maximum absolute atomic E-state index is 9.76. The number of ether oxygens (including phenoxy) is 2. The van der Waals surface area contributed by atoms with Crippen molar-refractivity contribution in [2.45, 2.75) is 63.6 Å². The van der Waals surface area contributed by atoms with Crippen LogP contribution in [0.2, 0.25) is 10.2 Å². The smallest absolute Gasteiger partial charge is 0.152 e. The Hall–Kier alpha value is -2.15. The van der Waals surface area contributed by atoms with Crippen molar-refractivity contribution in [2.24, 2.45) is 5.41 Å². The fourth-order valence-electron chi connectivity index (χ4n) is 5.13. The van der Waals surface area contributed by atoms with Gasteiger partial charge in [-0.2, -0.15) is 5.26 Å². The van der Waals surface area contributed by atoms with Gasteiger partial charge in [0.1, 0.15) is 5.82 Å². The van der Waals surface area contributed by atoms with E-state index in [9.17, 15) is 5.26 Å². The molecule has 0 aromatic carbocycles. The van der Waals surface area contributed by atoms with Gasteiger partial charge in [0, 0.05) is 68.5 Å². The van der Waals surface area contributed by atoms with Crippen LogP contribution in [0, 0.1) is 16.7 Å². The van der Waals surface area contributed by atoms with E-state index in [1.807, 2.05) is 12.1 Å². The number of nitriles is 1. The minimum Gasteiger partial charge on any atom is -0.383 e. The molecule has 200 valence electrons. The predicted octanol–water partition coefficient (Wildman–Crippen LogP) is 5.53. The minimum absolute atomic E-state index is 0.356. The maximum Gasteiger partial charge on any atom is 0.152 e. The molecule has 0 bridgehead atoms. The van der Waals surface area contributed by atoms with E-state index in [2.05, 4.69) is 38.9 Å². The van der Waals surface area contributed by atoms with Gasteiger partial charge in [-0.3, -0.25) is 0 Å². The summed E-state index contributed by atoms with van der Waals surface area (Å²) < 4.78 is 10.7. The first-order valence-electron chi connectivity index (χ1n) is 13.0. The van der Waals surface area contributed by atoms with Gasteiger partial charge < -0.3 is 25.4 Å². The van der Waals surface area contributed by atoms with Crippen molar-refractivity contribution in [1.82, 2.24) is 15.3 Å². The molecule has 1 saturated carbocycles. The Bertz CT molecular complexity index is 1080. The highest BCUT2D eigenvalue weighted by molar-refractivity contribution is 6.33. The number of rotatable bonds is 10. The van der Waals surface area contributed by atoms with Gasteiger partial charge in [-0.05, 0) is 57.6 Å². The lowest BCUT2D eigenvalue weighted by Crippen LogP contribution is -2.42. The summed E-state index contributed by atoms with van der Waals surface area (Å²) in [6.07, 6.45) is 9.13. The van der Waals surface area contributed by atoms with Crippen LogP contribution in [0.5, 0.6) is 0 Å². The average molecular weight is 548 g/mol. The minimum atomic E-state index is -0.473. The van der Waals surface area contributed by atoms with Crippen LogP contribution in [-0.4, -0.2) is 61.6 Å². The van der Waals surface area contributed by atoms with E-state index in [1.54, 1.807) is 19.5 Å². The third-order valence-corrected chi connectivity index (χ3v) is 7.93. The molecule has 10 heteroatoms. The standard InChI is InChI=1S/C27H36Cl2N6O2/c1-18(15-36-2)34-20-3-5-21(6-4-20)35-25-12-22(23(28)14-31-25)19-11-24(26(29)32-13-19)33-17-27(16-30)7-9-37-10-8-27/h11-14,18,20-21,33-34H,3-10,15,17H2,1-2H3,(H,31,35)/t18-,20?,21?/m0/s1. The molecule has 2 fully saturated rings. The van der Waals surface area contributed by atoms with E-state index >= 15 is 0 Å². The fraction of sp³-hybridized carbons (Fsp3) is 0.593. The van der Waals surface area contributed by atoms with E-state index < -0.39 is 5.41 Å². The molecule has 0 unspecified atom stereocenters. The Morgan fingerprint density at radius 2 is 1.86 bits per heavy atom. The Kier molecular flexibility index (Phi) is 9.85. The van der Waals surface area contributed by atoms with Crippen molar-refractivity contribution in [2.75, 3.05) is 44.1 Å².